The van der Waals surface area contributed by atoms with Crippen molar-refractivity contribution in [1.29, 1.82) is 0 Å². The number of nitrogens with zero attached hydrogens (tertiary/aromatic N) is 1. The second-order valence-corrected chi connectivity index (χ2v) is 5.05. The number of rotatable bonds is 2. The van der Waals surface area contributed by atoms with Crippen LogP contribution in [-0.2, 0) is 0 Å². The minimum absolute atomic E-state index is 0.168. The standard InChI is InChI=1S/C10H20N2O2/c1-10(2,3)12(9(13)14)8-4-7(5-8)6-11/h7-8H,4-6,11H2,1-3H3,(H,13,14). The maximum absolute atomic E-state index is 11.1. The summed E-state index contributed by atoms with van der Waals surface area (Å²) in [7, 11) is 0. The Labute approximate surface area is 85.1 Å². The molecule has 1 amide bonds. The van der Waals surface area contributed by atoms with Crippen molar-refractivity contribution >= 4 is 6.09 Å². The van der Waals surface area contributed by atoms with Gasteiger partial charge in [0.25, 0.3) is 0 Å². The normalized spacial score (nSPS) is 26.9. The van der Waals surface area contributed by atoms with E-state index in [4.69, 9.17) is 10.8 Å². The molecule has 0 aromatic carbocycles. The third-order valence-electron chi connectivity index (χ3n) is 2.84. The summed E-state index contributed by atoms with van der Waals surface area (Å²) in [5.74, 6) is 0.518. The lowest BCUT2D eigenvalue weighted by atomic mass is 9.78. The summed E-state index contributed by atoms with van der Waals surface area (Å²) in [5.41, 5.74) is 5.21. The first-order chi connectivity index (χ1) is 6.36. The van der Waals surface area contributed by atoms with Crippen molar-refractivity contribution in [3.05, 3.63) is 0 Å². The van der Waals surface area contributed by atoms with Crippen molar-refractivity contribution < 1.29 is 9.90 Å². The van der Waals surface area contributed by atoms with E-state index in [0.29, 0.717) is 12.5 Å². The molecule has 0 spiro atoms. The molecular weight excluding hydrogens is 180 g/mol. The Morgan fingerprint density at radius 3 is 2.29 bits per heavy atom. The average molecular weight is 200 g/mol. The van der Waals surface area contributed by atoms with Gasteiger partial charge in [-0.15, -0.1) is 0 Å². The van der Waals surface area contributed by atoms with Crippen LogP contribution in [-0.4, -0.2) is 34.2 Å². The van der Waals surface area contributed by atoms with E-state index in [1.807, 2.05) is 20.8 Å². The molecule has 0 atom stereocenters. The van der Waals surface area contributed by atoms with Crippen LogP contribution in [0.5, 0.6) is 0 Å². The number of carboxylic acid groups (broad SMARTS) is 1. The highest BCUT2D eigenvalue weighted by atomic mass is 16.4. The largest absolute Gasteiger partial charge is 0.465 e. The second kappa shape index (κ2) is 3.77. The monoisotopic (exact) mass is 200 g/mol. The van der Waals surface area contributed by atoms with E-state index in [9.17, 15) is 4.79 Å². The van der Waals surface area contributed by atoms with E-state index < -0.39 is 6.09 Å². The van der Waals surface area contributed by atoms with Gasteiger partial charge >= 0.3 is 6.09 Å². The lowest BCUT2D eigenvalue weighted by Crippen LogP contribution is -2.56. The van der Waals surface area contributed by atoms with Gasteiger partial charge in [-0.3, -0.25) is 0 Å². The third kappa shape index (κ3) is 2.18. The Morgan fingerprint density at radius 1 is 1.50 bits per heavy atom. The zero-order valence-corrected chi connectivity index (χ0v) is 9.16. The molecule has 0 heterocycles. The quantitative estimate of drug-likeness (QED) is 0.710. The molecule has 14 heavy (non-hydrogen) atoms. The van der Waals surface area contributed by atoms with Crippen molar-refractivity contribution in [3.8, 4) is 0 Å². The molecule has 0 aromatic heterocycles. The fourth-order valence-corrected chi connectivity index (χ4v) is 2.09. The molecule has 1 fully saturated rings. The Morgan fingerprint density at radius 2 is 2.00 bits per heavy atom. The van der Waals surface area contributed by atoms with Gasteiger partial charge in [-0.25, -0.2) is 4.79 Å². The van der Waals surface area contributed by atoms with Gasteiger partial charge in [0, 0.05) is 11.6 Å². The summed E-state index contributed by atoms with van der Waals surface area (Å²) in [4.78, 5) is 12.6. The molecule has 1 aliphatic rings. The first-order valence-electron chi connectivity index (χ1n) is 5.08. The SMILES string of the molecule is CC(C)(C)N(C(=O)O)C1CC(CN)C1. The van der Waals surface area contributed by atoms with Crippen LogP contribution < -0.4 is 5.73 Å². The maximum atomic E-state index is 11.1. The number of nitrogens with two attached hydrogens (primary N) is 1. The van der Waals surface area contributed by atoms with Gasteiger partial charge in [0.1, 0.15) is 0 Å². The molecule has 4 heteroatoms. The molecule has 0 aliphatic heterocycles. The lowest BCUT2D eigenvalue weighted by molar-refractivity contribution is 0.0207. The van der Waals surface area contributed by atoms with Gasteiger partial charge in [-0.1, -0.05) is 0 Å². The van der Waals surface area contributed by atoms with Crippen molar-refractivity contribution in [3.63, 3.8) is 0 Å². The van der Waals surface area contributed by atoms with E-state index >= 15 is 0 Å². The highest BCUT2D eigenvalue weighted by Gasteiger charge is 2.40. The fraction of sp³-hybridized carbons (Fsp3) is 0.900. The predicted octanol–water partition coefficient (Wildman–Crippen LogP) is 1.50. The molecule has 1 rings (SSSR count). The Hall–Kier alpha value is -0.770. The average Bonchev–Trinajstić information content (AvgIpc) is 1.91. The van der Waals surface area contributed by atoms with E-state index in [2.05, 4.69) is 0 Å². The van der Waals surface area contributed by atoms with Crippen LogP contribution in [0.2, 0.25) is 0 Å². The zero-order chi connectivity index (χ0) is 10.9. The summed E-state index contributed by atoms with van der Waals surface area (Å²) in [6.07, 6.45) is 1.01. The molecule has 4 nitrogen and oxygen atoms in total. The third-order valence-corrected chi connectivity index (χ3v) is 2.84. The number of hydrogen-bond donors (Lipinski definition) is 2. The van der Waals surface area contributed by atoms with Crippen LogP contribution in [0.4, 0.5) is 4.79 Å². The van der Waals surface area contributed by atoms with Gasteiger partial charge in [0.15, 0.2) is 0 Å². The van der Waals surface area contributed by atoms with Crippen LogP contribution in [0.25, 0.3) is 0 Å². The van der Waals surface area contributed by atoms with Crippen LogP contribution in [0.3, 0.4) is 0 Å². The molecular formula is C10H20N2O2. The molecule has 0 saturated heterocycles. The zero-order valence-electron chi connectivity index (χ0n) is 9.16. The van der Waals surface area contributed by atoms with Crippen LogP contribution in [0, 0.1) is 5.92 Å². The van der Waals surface area contributed by atoms with Crippen LogP contribution in [0.1, 0.15) is 33.6 Å². The number of carbonyl (C=O) groups is 1. The molecule has 1 aliphatic carbocycles. The second-order valence-electron chi connectivity index (χ2n) is 5.05. The van der Waals surface area contributed by atoms with E-state index in [-0.39, 0.29) is 11.6 Å². The summed E-state index contributed by atoms with van der Waals surface area (Å²) in [5, 5.41) is 9.10. The maximum Gasteiger partial charge on any atom is 0.407 e. The van der Waals surface area contributed by atoms with Gasteiger partial charge in [0.2, 0.25) is 0 Å². The van der Waals surface area contributed by atoms with Gasteiger partial charge < -0.3 is 15.7 Å². The topological polar surface area (TPSA) is 66.6 Å². The van der Waals surface area contributed by atoms with E-state index in [1.165, 1.54) is 0 Å². The molecule has 1 saturated carbocycles. The first kappa shape index (κ1) is 11.3. The highest BCUT2D eigenvalue weighted by molar-refractivity contribution is 5.66. The molecule has 0 bridgehead atoms. The van der Waals surface area contributed by atoms with Gasteiger partial charge in [-0.05, 0) is 46.1 Å². The van der Waals surface area contributed by atoms with Crippen molar-refractivity contribution in [2.75, 3.05) is 6.54 Å². The van der Waals surface area contributed by atoms with Crippen LogP contribution >= 0.6 is 0 Å². The fourth-order valence-electron chi connectivity index (χ4n) is 2.09. The minimum atomic E-state index is -0.821. The summed E-state index contributed by atoms with van der Waals surface area (Å²) >= 11 is 0. The Kier molecular flexibility index (Phi) is 3.04. The molecule has 0 unspecified atom stereocenters. The van der Waals surface area contributed by atoms with Crippen molar-refractivity contribution in [1.82, 2.24) is 4.90 Å². The molecule has 82 valence electrons. The van der Waals surface area contributed by atoms with Gasteiger partial charge in [0.05, 0.1) is 0 Å². The molecule has 3 N–H and O–H groups in total. The van der Waals surface area contributed by atoms with Crippen molar-refractivity contribution in [2.45, 2.75) is 45.2 Å². The summed E-state index contributed by atoms with van der Waals surface area (Å²) in [6, 6.07) is 0.168. The Balaban J connectivity index is 2.59. The minimum Gasteiger partial charge on any atom is -0.465 e. The number of amides is 1. The molecule has 0 radical (unpaired) electrons. The van der Waals surface area contributed by atoms with Gasteiger partial charge in [-0.2, -0.15) is 0 Å². The van der Waals surface area contributed by atoms with E-state index in [0.717, 1.165) is 12.8 Å². The molecule has 0 aromatic rings. The Bertz CT molecular complexity index is 217. The smallest absolute Gasteiger partial charge is 0.407 e. The highest BCUT2D eigenvalue weighted by Crippen LogP contribution is 2.34. The summed E-state index contributed by atoms with van der Waals surface area (Å²) < 4.78 is 0. The predicted molar refractivity (Wildman–Crippen MR) is 55.2 cm³/mol. The van der Waals surface area contributed by atoms with Crippen molar-refractivity contribution in [2.24, 2.45) is 11.7 Å². The van der Waals surface area contributed by atoms with E-state index in [1.54, 1.807) is 4.90 Å². The summed E-state index contributed by atoms with van der Waals surface area (Å²) in [6.45, 7) is 6.46. The lowest BCUT2D eigenvalue weighted by Gasteiger charge is -2.47. The number of hydrogen-bond acceptors (Lipinski definition) is 2. The van der Waals surface area contributed by atoms with Crippen LogP contribution in [0.15, 0.2) is 0 Å². The first-order valence-corrected chi connectivity index (χ1v) is 5.08.